The van der Waals surface area contributed by atoms with Crippen LogP contribution in [0.15, 0.2) is 6.07 Å². The van der Waals surface area contributed by atoms with Crippen molar-refractivity contribution in [3.05, 3.63) is 11.9 Å². The van der Waals surface area contributed by atoms with E-state index in [0.717, 1.165) is 30.9 Å². The second-order valence-corrected chi connectivity index (χ2v) is 5.23. The Balaban J connectivity index is 2.07. The molecular formula is C15H25N3O. The fourth-order valence-electron chi connectivity index (χ4n) is 2.44. The highest BCUT2D eigenvalue weighted by atomic mass is 16.5. The zero-order valence-electron chi connectivity index (χ0n) is 12.1. The SMILES string of the molecule is CCCOc1cc(NC2CCCC2)nc(CCC)n1. The summed E-state index contributed by atoms with van der Waals surface area (Å²) in [5.41, 5.74) is 0. The quantitative estimate of drug-likeness (QED) is 0.817. The largest absolute Gasteiger partial charge is 0.478 e. The van der Waals surface area contributed by atoms with Gasteiger partial charge >= 0.3 is 0 Å². The summed E-state index contributed by atoms with van der Waals surface area (Å²) in [6.07, 6.45) is 8.10. The maximum atomic E-state index is 5.66. The summed E-state index contributed by atoms with van der Waals surface area (Å²) in [6.45, 7) is 4.96. The third kappa shape index (κ3) is 4.37. The van der Waals surface area contributed by atoms with Gasteiger partial charge in [0, 0.05) is 18.5 Å². The topological polar surface area (TPSA) is 47.0 Å². The molecule has 1 aromatic heterocycles. The Morgan fingerprint density at radius 2 is 2.00 bits per heavy atom. The van der Waals surface area contributed by atoms with Gasteiger partial charge in [-0.3, -0.25) is 0 Å². The Morgan fingerprint density at radius 3 is 2.68 bits per heavy atom. The van der Waals surface area contributed by atoms with Gasteiger partial charge in [-0.25, -0.2) is 4.98 Å². The van der Waals surface area contributed by atoms with Gasteiger partial charge in [-0.15, -0.1) is 0 Å². The predicted octanol–water partition coefficient (Wildman–Crippen LogP) is 3.57. The maximum Gasteiger partial charge on any atom is 0.218 e. The van der Waals surface area contributed by atoms with Gasteiger partial charge < -0.3 is 10.1 Å². The van der Waals surface area contributed by atoms with E-state index in [-0.39, 0.29) is 0 Å². The summed E-state index contributed by atoms with van der Waals surface area (Å²) in [6, 6.07) is 2.51. The van der Waals surface area contributed by atoms with Crippen LogP contribution in [0.2, 0.25) is 0 Å². The molecule has 0 bridgehead atoms. The van der Waals surface area contributed by atoms with E-state index < -0.39 is 0 Å². The third-order valence-electron chi connectivity index (χ3n) is 3.38. The van der Waals surface area contributed by atoms with Crippen molar-refractivity contribution >= 4 is 5.82 Å². The zero-order valence-corrected chi connectivity index (χ0v) is 12.1. The minimum Gasteiger partial charge on any atom is -0.478 e. The van der Waals surface area contributed by atoms with Crippen molar-refractivity contribution < 1.29 is 4.74 Å². The molecule has 1 N–H and O–H groups in total. The summed E-state index contributed by atoms with van der Waals surface area (Å²) in [5, 5.41) is 3.53. The zero-order chi connectivity index (χ0) is 13.5. The van der Waals surface area contributed by atoms with E-state index in [1.807, 2.05) is 6.07 Å². The van der Waals surface area contributed by atoms with Crippen LogP contribution in [0, 0.1) is 0 Å². The Kier molecular flexibility index (Phi) is 5.43. The van der Waals surface area contributed by atoms with Crippen molar-refractivity contribution in [3.63, 3.8) is 0 Å². The molecule has 0 saturated heterocycles. The molecular weight excluding hydrogens is 238 g/mol. The summed E-state index contributed by atoms with van der Waals surface area (Å²) >= 11 is 0. The molecule has 106 valence electrons. The maximum absolute atomic E-state index is 5.66. The first kappa shape index (κ1) is 14.1. The first-order valence-electron chi connectivity index (χ1n) is 7.59. The third-order valence-corrected chi connectivity index (χ3v) is 3.38. The highest BCUT2D eigenvalue weighted by Crippen LogP contribution is 2.23. The first-order valence-corrected chi connectivity index (χ1v) is 7.59. The van der Waals surface area contributed by atoms with Gasteiger partial charge in [0.2, 0.25) is 5.88 Å². The molecule has 0 spiro atoms. The minimum atomic E-state index is 0.573. The molecule has 1 heterocycles. The molecule has 0 atom stereocenters. The van der Waals surface area contributed by atoms with Crippen LogP contribution in [-0.4, -0.2) is 22.6 Å². The van der Waals surface area contributed by atoms with E-state index in [4.69, 9.17) is 4.74 Å². The van der Waals surface area contributed by atoms with E-state index in [1.165, 1.54) is 25.7 Å². The lowest BCUT2D eigenvalue weighted by Gasteiger charge is -2.14. The van der Waals surface area contributed by atoms with Gasteiger partial charge in [0.25, 0.3) is 0 Å². The van der Waals surface area contributed by atoms with E-state index in [9.17, 15) is 0 Å². The number of aromatic nitrogens is 2. The lowest BCUT2D eigenvalue weighted by molar-refractivity contribution is 0.303. The van der Waals surface area contributed by atoms with Crippen molar-refractivity contribution in [1.29, 1.82) is 0 Å². The molecule has 1 aromatic rings. The first-order chi connectivity index (χ1) is 9.31. The van der Waals surface area contributed by atoms with Crippen molar-refractivity contribution in [1.82, 2.24) is 9.97 Å². The monoisotopic (exact) mass is 263 g/mol. The standard InChI is InChI=1S/C15H25N3O/c1-3-7-13-17-14(16-12-8-5-6-9-12)11-15(18-13)19-10-4-2/h11-12H,3-10H2,1-2H3,(H,16,17,18). The Labute approximate surface area is 116 Å². The molecule has 4 heteroatoms. The number of aryl methyl sites for hydroxylation is 1. The summed E-state index contributed by atoms with van der Waals surface area (Å²) in [7, 11) is 0. The molecule has 0 radical (unpaired) electrons. The van der Waals surface area contributed by atoms with Crippen LogP contribution in [0.25, 0.3) is 0 Å². The van der Waals surface area contributed by atoms with Crippen LogP contribution in [0.3, 0.4) is 0 Å². The van der Waals surface area contributed by atoms with Crippen molar-refractivity contribution in [3.8, 4) is 5.88 Å². The number of nitrogens with one attached hydrogen (secondary N) is 1. The minimum absolute atomic E-state index is 0.573. The van der Waals surface area contributed by atoms with Gasteiger partial charge in [0.05, 0.1) is 6.61 Å². The summed E-state index contributed by atoms with van der Waals surface area (Å²) in [4.78, 5) is 9.05. The van der Waals surface area contributed by atoms with Crippen LogP contribution in [-0.2, 0) is 6.42 Å². The molecule has 4 nitrogen and oxygen atoms in total. The Hall–Kier alpha value is -1.32. The number of anilines is 1. The molecule has 0 aliphatic heterocycles. The number of rotatable bonds is 7. The van der Waals surface area contributed by atoms with E-state index >= 15 is 0 Å². The van der Waals surface area contributed by atoms with Crippen LogP contribution in [0.1, 0.15) is 58.2 Å². The van der Waals surface area contributed by atoms with Crippen molar-refractivity contribution in [2.24, 2.45) is 0 Å². The molecule has 19 heavy (non-hydrogen) atoms. The fraction of sp³-hybridized carbons (Fsp3) is 0.733. The van der Waals surface area contributed by atoms with Crippen LogP contribution < -0.4 is 10.1 Å². The molecule has 0 unspecified atom stereocenters. The van der Waals surface area contributed by atoms with Crippen LogP contribution in [0.5, 0.6) is 5.88 Å². The second-order valence-electron chi connectivity index (χ2n) is 5.23. The highest BCUT2D eigenvalue weighted by Gasteiger charge is 2.16. The molecule has 0 amide bonds. The van der Waals surface area contributed by atoms with Gasteiger partial charge in [-0.1, -0.05) is 26.7 Å². The second kappa shape index (κ2) is 7.31. The Morgan fingerprint density at radius 1 is 1.21 bits per heavy atom. The van der Waals surface area contributed by atoms with E-state index in [0.29, 0.717) is 18.5 Å². The van der Waals surface area contributed by atoms with Gasteiger partial charge in [0.1, 0.15) is 11.6 Å². The van der Waals surface area contributed by atoms with Gasteiger partial charge in [-0.05, 0) is 25.7 Å². The van der Waals surface area contributed by atoms with E-state index in [1.54, 1.807) is 0 Å². The lowest BCUT2D eigenvalue weighted by Crippen LogP contribution is -2.16. The van der Waals surface area contributed by atoms with Gasteiger partial charge in [0.15, 0.2) is 0 Å². The Bertz CT molecular complexity index is 389. The van der Waals surface area contributed by atoms with Crippen molar-refractivity contribution in [2.45, 2.75) is 64.8 Å². The summed E-state index contributed by atoms with van der Waals surface area (Å²) < 4.78 is 5.66. The number of nitrogens with zero attached hydrogens (tertiary/aromatic N) is 2. The average Bonchev–Trinajstić information content (AvgIpc) is 2.89. The molecule has 1 aliphatic rings. The molecule has 1 saturated carbocycles. The lowest BCUT2D eigenvalue weighted by atomic mass is 10.2. The molecule has 1 aliphatic carbocycles. The smallest absolute Gasteiger partial charge is 0.218 e. The van der Waals surface area contributed by atoms with E-state index in [2.05, 4.69) is 29.1 Å². The molecule has 0 aromatic carbocycles. The summed E-state index contributed by atoms with van der Waals surface area (Å²) in [5.74, 6) is 2.52. The molecule has 2 rings (SSSR count). The highest BCUT2D eigenvalue weighted by molar-refractivity contribution is 5.39. The number of hydrogen-bond donors (Lipinski definition) is 1. The van der Waals surface area contributed by atoms with Crippen molar-refractivity contribution in [2.75, 3.05) is 11.9 Å². The fourth-order valence-corrected chi connectivity index (χ4v) is 2.44. The normalized spacial score (nSPS) is 15.7. The predicted molar refractivity (Wildman–Crippen MR) is 77.7 cm³/mol. The van der Waals surface area contributed by atoms with Crippen LogP contribution >= 0.6 is 0 Å². The number of hydrogen-bond acceptors (Lipinski definition) is 4. The molecule has 1 fully saturated rings. The van der Waals surface area contributed by atoms with Crippen LogP contribution in [0.4, 0.5) is 5.82 Å². The average molecular weight is 263 g/mol. The number of ether oxygens (including phenoxy) is 1. The van der Waals surface area contributed by atoms with Gasteiger partial charge in [-0.2, -0.15) is 4.98 Å².